The van der Waals surface area contributed by atoms with Crippen LogP contribution in [0.3, 0.4) is 0 Å². The van der Waals surface area contributed by atoms with Gasteiger partial charge in [-0.1, -0.05) is 18.2 Å². The number of benzene rings is 1. The lowest BCUT2D eigenvalue weighted by Gasteiger charge is -2.32. The van der Waals surface area contributed by atoms with Crippen LogP contribution in [0.15, 0.2) is 30.3 Å². The predicted octanol–water partition coefficient (Wildman–Crippen LogP) is 2.94. The van der Waals surface area contributed by atoms with Gasteiger partial charge in [0, 0.05) is 30.1 Å². The molecule has 4 heteroatoms. The van der Waals surface area contributed by atoms with Crippen molar-refractivity contribution in [2.24, 2.45) is 0 Å². The first-order chi connectivity index (χ1) is 11.2. The maximum atomic E-state index is 13.1. The molecule has 1 aromatic heterocycles. The van der Waals surface area contributed by atoms with Crippen molar-refractivity contribution in [1.29, 1.82) is 0 Å². The van der Waals surface area contributed by atoms with Crippen LogP contribution in [0, 0.1) is 0 Å². The van der Waals surface area contributed by atoms with Crippen LogP contribution in [0.4, 0.5) is 0 Å². The Kier molecular flexibility index (Phi) is 3.77. The first-order valence-electron chi connectivity index (χ1n) is 8.61. The highest BCUT2D eigenvalue weighted by Crippen LogP contribution is 2.40. The molecule has 23 heavy (non-hydrogen) atoms. The maximum Gasteiger partial charge on any atom is 0.254 e. The molecule has 0 bridgehead atoms. The molecule has 4 nitrogen and oxygen atoms in total. The van der Waals surface area contributed by atoms with Crippen LogP contribution in [0.25, 0.3) is 10.9 Å². The van der Waals surface area contributed by atoms with Crippen molar-refractivity contribution in [3.05, 3.63) is 41.6 Å². The van der Waals surface area contributed by atoms with Gasteiger partial charge < -0.3 is 10.2 Å². The van der Waals surface area contributed by atoms with Gasteiger partial charge in [0.15, 0.2) is 0 Å². The Labute approximate surface area is 136 Å². The first kappa shape index (κ1) is 14.6. The monoisotopic (exact) mass is 309 g/mol. The Morgan fingerprint density at radius 3 is 2.65 bits per heavy atom. The summed E-state index contributed by atoms with van der Waals surface area (Å²) in [5, 5.41) is 4.34. The molecule has 1 aromatic carbocycles. The highest BCUT2D eigenvalue weighted by molar-refractivity contribution is 6.06. The Morgan fingerprint density at radius 1 is 1.17 bits per heavy atom. The number of pyridine rings is 1. The van der Waals surface area contributed by atoms with E-state index in [1.807, 2.05) is 42.3 Å². The fourth-order valence-electron chi connectivity index (χ4n) is 3.51. The van der Waals surface area contributed by atoms with E-state index >= 15 is 0 Å². The number of nitrogens with one attached hydrogen (secondary N) is 1. The third kappa shape index (κ3) is 2.83. The molecule has 0 spiro atoms. The van der Waals surface area contributed by atoms with Crippen LogP contribution in [0.5, 0.6) is 0 Å². The van der Waals surface area contributed by atoms with Crippen LogP contribution in [0.1, 0.15) is 47.7 Å². The third-order valence-corrected chi connectivity index (χ3v) is 5.14. The number of para-hydroxylation sites is 1. The zero-order chi connectivity index (χ0) is 15.8. The van der Waals surface area contributed by atoms with Gasteiger partial charge in [0.25, 0.3) is 5.91 Å². The lowest BCUT2D eigenvalue weighted by Crippen LogP contribution is -2.44. The minimum atomic E-state index is 0.136. The van der Waals surface area contributed by atoms with Crippen molar-refractivity contribution in [3.63, 3.8) is 0 Å². The van der Waals surface area contributed by atoms with E-state index in [1.54, 1.807) is 0 Å². The van der Waals surface area contributed by atoms with Gasteiger partial charge in [0.1, 0.15) is 0 Å². The molecule has 0 atom stereocenters. The average Bonchev–Trinajstić information content (AvgIpc) is 3.45. The fourth-order valence-corrected chi connectivity index (χ4v) is 3.51. The number of hydrogen-bond donors (Lipinski definition) is 1. The SMILES string of the molecule is CN(C(=O)c1cc(C2CC2)nc2ccccc12)C1CCNCC1. The standard InChI is InChI=1S/C19H23N3O/c1-22(14-8-10-20-11-9-14)19(23)16-12-18(13-6-7-13)21-17-5-3-2-4-15(16)17/h2-5,12-14,20H,6-11H2,1H3. The molecule has 1 amide bonds. The molecule has 1 saturated heterocycles. The van der Waals surface area contributed by atoms with Gasteiger partial charge in [-0.15, -0.1) is 0 Å². The highest BCUT2D eigenvalue weighted by atomic mass is 16.2. The van der Waals surface area contributed by atoms with Crippen molar-refractivity contribution < 1.29 is 4.79 Å². The number of amides is 1. The second kappa shape index (κ2) is 5.93. The van der Waals surface area contributed by atoms with E-state index in [1.165, 1.54) is 12.8 Å². The van der Waals surface area contributed by atoms with E-state index in [-0.39, 0.29) is 5.91 Å². The first-order valence-corrected chi connectivity index (χ1v) is 8.61. The molecular formula is C19H23N3O. The molecule has 2 aromatic rings. The number of rotatable bonds is 3. The van der Waals surface area contributed by atoms with Gasteiger partial charge in [-0.2, -0.15) is 0 Å². The fraction of sp³-hybridized carbons (Fsp3) is 0.474. The summed E-state index contributed by atoms with van der Waals surface area (Å²) in [6, 6.07) is 10.4. The molecule has 2 heterocycles. The highest BCUT2D eigenvalue weighted by Gasteiger charge is 2.29. The van der Waals surface area contributed by atoms with E-state index in [2.05, 4.69) is 5.32 Å². The van der Waals surface area contributed by atoms with Crippen LogP contribution in [-0.2, 0) is 0 Å². The third-order valence-electron chi connectivity index (χ3n) is 5.14. The minimum Gasteiger partial charge on any atom is -0.339 e. The van der Waals surface area contributed by atoms with E-state index in [9.17, 15) is 4.79 Å². The second-order valence-corrected chi connectivity index (χ2v) is 6.78. The second-order valence-electron chi connectivity index (χ2n) is 6.78. The molecule has 1 aliphatic heterocycles. The Morgan fingerprint density at radius 2 is 1.91 bits per heavy atom. The van der Waals surface area contributed by atoms with Crippen molar-refractivity contribution >= 4 is 16.8 Å². The zero-order valence-corrected chi connectivity index (χ0v) is 13.6. The normalized spacial score (nSPS) is 19.0. The summed E-state index contributed by atoms with van der Waals surface area (Å²) in [7, 11) is 1.95. The van der Waals surface area contributed by atoms with E-state index in [4.69, 9.17) is 4.98 Å². The molecule has 1 N–H and O–H groups in total. The number of fused-ring (bicyclic) bond motifs is 1. The van der Waals surface area contributed by atoms with Crippen LogP contribution in [0.2, 0.25) is 0 Å². The molecule has 0 unspecified atom stereocenters. The molecule has 2 fully saturated rings. The van der Waals surface area contributed by atoms with Gasteiger partial charge >= 0.3 is 0 Å². The van der Waals surface area contributed by atoms with Crippen molar-refractivity contribution in [1.82, 2.24) is 15.2 Å². The Hall–Kier alpha value is -1.94. The molecular weight excluding hydrogens is 286 g/mol. The van der Waals surface area contributed by atoms with Crippen LogP contribution >= 0.6 is 0 Å². The lowest BCUT2D eigenvalue weighted by molar-refractivity contribution is 0.0705. The predicted molar refractivity (Wildman–Crippen MR) is 91.7 cm³/mol. The van der Waals surface area contributed by atoms with Crippen LogP contribution in [-0.4, -0.2) is 42.0 Å². The number of carbonyl (C=O) groups excluding carboxylic acids is 1. The number of piperidine rings is 1. The minimum absolute atomic E-state index is 0.136. The maximum absolute atomic E-state index is 13.1. The summed E-state index contributed by atoms with van der Waals surface area (Å²) in [6.45, 7) is 1.99. The van der Waals surface area contributed by atoms with E-state index in [0.717, 1.165) is 48.1 Å². The van der Waals surface area contributed by atoms with Crippen LogP contribution < -0.4 is 5.32 Å². The van der Waals surface area contributed by atoms with Crippen molar-refractivity contribution in [3.8, 4) is 0 Å². The van der Waals surface area contributed by atoms with Gasteiger partial charge in [-0.3, -0.25) is 9.78 Å². The molecule has 120 valence electrons. The van der Waals surface area contributed by atoms with Gasteiger partial charge in [0.05, 0.1) is 11.1 Å². The number of aromatic nitrogens is 1. The smallest absolute Gasteiger partial charge is 0.254 e. The summed E-state index contributed by atoms with van der Waals surface area (Å²) in [5.74, 6) is 0.688. The Bertz CT molecular complexity index is 732. The van der Waals surface area contributed by atoms with Gasteiger partial charge in [-0.25, -0.2) is 0 Å². The summed E-state index contributed by atoms with van der Waals surface area (Å²) in [6.07, 6.45) is 4.45. The molecule has 2 aliphatic rings. The van der Waals surface area contributed by atoms with E-state index in [0.29, 0.717) is 12.0 Å². The molecule has 1 aliphatic carbocycles. The van der Waals surface area contributed by atoms with E-state index < -0.39 is 0 Å². The Balaban J connectivity index is 1.72. The lowest BCUT2D eigenvalue weighted by atomic mass is 10.0. The molecule has 0 radical (unpaired) electrons. The summed E-state index contributed by atoms with van der Waals surface area (Å²) in [4.78, 5) is 19.8. The number of nitrogens with zero attached hydrogens (tertiary/aromatic N) is 2. The molecule has 1 saturated carbocycles. The number of hydrogen-bond acceptors (Lipinski definition) is 3. The largest absolute Gasteiger partial charge is 0.339 e. The average molecular weight is 309 g/mol. The van der Waals surface area contributed by atoms with Gasteiger partial charge in [0.2, 0.25) is 0 Å². The van der Waals surface area contributed by atoms with Crippen molar-refractivity contribution in [2.75, 3.05) is 20.1 Å². The van der Waals surface area contributed by atoms with Crippen molar-refractivity contribution in [2.45, 2.75) is 37.6 Å². The quantitative estimate of drug-likeness (QED) is 0.948. The zero-order valence-electron chi connectivity index (χ0n) is 13.6. The topological polar surface area (TPSA) is 45.2 Å². The van der Waals surface area contributed by atoms with Gasteiger partial charge in [-0.05, 0) is 50.9 Å². The number of carbonyl (C=O) groups is 1. The summed E-state index contributed by atoms with van der Waals surface area (Å²) < 4.78 is 0. The summed E-state index contributed by atoms with van der Waals surface area (Å²) >= 11 is 0. The summed E-state index contributed by atoms with van der Waals surface area (Å²) in [5.41, 5.74) is 2.85. The molecule has 4 rings (SSSR count).